The highest BCUT2D eigenvalue weighted by molar-refractivity contribution is 5.74. The van der Waals surface area contributed by atoms with E-state index in [0.29, 0.717) is 19.0 Å². The third-order valence-electron chi connectivity index (χ3n) is 4.11. The van der Waals surface area contributed by atoms with Gasteiger partial charge < -0.3 is 20.6 Å². The molecule has 2 amide bonds. The number of carboxylic acid groups (broad SMARTS) is 1. The molecule has 3 N–H and O–H groups in total. The van der Waals surface area contributed by atoms with Gasteiger partial charge >= 0.3 is 12.0 Å². The molecule has 6 heteroatoms. The number of nitrogens with zero attached hydrogens (tertiary/aromatic N) is 1. The van der Waals surface area contributed by atoms with Crippen molar-refractivity contribution < 1.29 is 14.7 Å². The van der Waals surface area contributed by atoms with Crippen molar-refractivity contribution in [2.24, 2.45) is 0 Å². The number of amides is 2. The predicted molar refractivity (Wildman–Crippen MR) is 82.4 cm³/mol. The van der Waals surface area contributed by atoms with Crippen LogP contribution in [0.15, 0.2) is 0 Å². The summed E-state index contributed by atoms with van der Waals surface area (Å²) in [6.07, 6.45) is 5.59. The second-order valence-electron chi connectivity index (χ2n) is 6.58. The van der Waals surface area contributed by atoms with Gasteiger partial charge in [-0.2, -0.15) is 0 Å². The summed E-state index contributed by atoms with van der Waals surface area (Å²) in [5.74, 6) is -0.844. The zero-order chi connectivity index (χ0) is 15.9. The number of likely N-dealkylation sites (N-methyl/N-ethyl adjacent to an activating group) is 1. The van der Waals surface area contributed by atoms with Crippen LogP contribution in [-0.2, 0) is 4.79 Å². The number of rotatable bonds is 8. The maximum atomic E-state index is 11.8. The Labute approximate surface area is 127 Å². The SMILES string of the molecule is CN(CCNC(=O)NC(C)(C)CCC(=O)O)C1CCCC1. The van der Waals surface area contributed by atoms with Crippen molar-refractivity contribution in [2.45, 2.75) is 64.0 Å². The predicted octanol–water partition coefficient (Wildman–Crippen LogP) is 1.80. The smallest absolute Gasteiger partial charge is 0.315 e. The van der Waals surface area contributed by atoms with Crippen LogP contribution in [0, 0.1) is 0 Å². The van der Waals surface area contributed by atoms with Crippen molar-refractivity contribution in [3.05, 3.63) is 0 Å². The minimum absolute atomic E-state index is 0.0533. The van der Waals surface area contributed by atoms with Crippen molar-refractivity contribution in [3.63, 3.8) is 0 Å². The van der Waals surface area contributed by atoms with Crippen molar-refractivity contribution in [1.82, 2.24) is 15.5 Å². The van der Waals surface area contributed by atoms with Crippen molar-refractivity contribution in [2.75, 3.05) is 20.1 Å². The van der Waals surface area contributed by atoms with Crippen LogP contribution in [0.5, 0.6) is 0 Å². The molecule has 0 unspecified atom stereocenters. The average molecular weight is 299 g/mol. The van der Waals surface area contributed by atoms with Gasteiger partial charge in [-0.25, -0.2) is 4.79 Å². The lowest BCUT2D eigenvalue weighted by molar-refractivity contribution is -0.137. The molecule has 0 saturated heterocycles. The quantitative estimate of drug-likeness (QED) is 0.638. The Hall–Kier alpha value is -1.30. The van der Waals surface area contributed by atoms with E-state index in [1.165, 1.54) is 25.7 Å². The van der Waals surface area contributed by atoms with E-state index < -0.39 is 11.5 Å². The van der Waals surface area contributed by atoms with Crippen LogP contribution in [0.1, 0.15) is 52.4 Å². The summed E-state index contributed by atoms with van der Waals surface area (Å²) in [6, 6.07) is 0.423. The minimum atomic E-state index is -0.844. The van der Waals surface area contributed by atoms with E-state index in [-0.39, 0.29) is 12.5 Å². The van der Waals surface area contributed by atoms with Crippen LogP contribution >= 0.6 is 0 Å². The van der Waals surface area contributed by atoms with E-state index >= 15 is 0 Å². The van der Waals surface area contributed by atoms with Crippen LogP contribution in [0.3, 0.4) is 0 Å². The van der Waals surface area contributed by atoms with Gasteiger partial charge in [0, 0.05) is 31.1 Å². The highest BCUT2D eigenvalue weighted by Gasteiger charge is 2.22. The Bertz CT molecular complexity index is 352. The third-order valence-corrected chi connectivity index (χ3v) is 4.11. The zero-order valence-corrected chi connectivity index (χ0v) is 13.4. The lowest BCUT2D eigenvalue weighted by atomic mass is 9.99. The Morgan fingerprint density at radius 1 is 1.29 bits per heavy atom. The largest absolute Gasteiger partial charge is 0.481 e. The zero-order valence-electron chi connectivity index (χ0n) is 13.4. The highest BCUT2D eigenvalue weighted by atomic mass is 16.4. The van der Waals surface area contributed by atoms with Gasteiger partial charge in [-0.3, -0.25) is 4.79 Å². The number of carboxylic acids is 1. The summed E-state index contributed by atoms with van der Waals surface area (Å²) >= 11 is 0. The van der Waals surface area contributed by atoms with E-state index in [9.17, 15) is 9.59 Å². The first-order chi connectivity index (χ1) is 9.80. The molecule has 0 aromatic heterocycles. The first-order valence-electron chi connectivity index (χ1n) is 7.78. The Balaban J connectivity index is 2.19. The van der Waals surface area contributed by atoms with Crippen molar-refractivity contribution in [3.8, 4) is 0 Å². The molecule has 0 radical (unpaired) electrons. The van der Waals surface area contributed by atoms with Crippen molar-refractivity contribution in [1.29, 1.82) is 0 Å². The Kier molecular flexibility index (Phi) is 6.95. The van der Waals surface area contributed by atoms with Crippen molar-refractivity contribution >= 4 is 12.0 Å². The normalized spacial score (nSPS) is 16.2. The Morgan fingerprint density at radius 3 is 2.48 bits per heavy atom. The molecule has 0 aromatic carbocycles. The van der Waals surface area contributed by atoms with Gasteiger partial charge in [-0.05, 0) is 40.2 Å². The first kappa shape index (κ1) is 17.8. The number of nitrogens with one attached hydrogen (secondary N) is 2. The monoisotopic (exact) mass is 299 g/mol. The molecule has 1 rings (SSSR count). The molecule has 1 saturated carbocycles. The second-order valence-corrected chi connectivity index (χ2v) is 6.58. The lowest BCUT2D eigenvalue weighted by Gasteiger charge is -2.27. The molecular formula is C15H29N3O3. The molecule has 1 aliphatic carbocycles. The maximum Gasteiger partial charge on any atom is 0.315 e. The molecule has 0 heterocycles. The van der Waals surface area contributed by atoms with Crippen LogP contribution < -0.4 is 10.6 Å². The van der Waals surface area contributed by atoms with Gasteiger partial charge in [0.25, 0.3) is 0 Å². The van der Waals surface area contributed by atoms with Gasteiger partial charge in [0.05, 0.1) is 0 Å². The molecule has 1 aliphatic rings. The molecule has 122 valence electrons. The number of aliphatic carboxylic acids is 1. The molecule has 0 spiro atoms. The first-order valence-corrected chi connectivity index (χ1v) is 7.78. The standard InChI is InChI=1S/C15H29N3O3/c1-15(2,9-8-13(19)20)17-14(21)16-10-11-18(3)12-6-4-5-7-12/h12H,4-11H2,1-3H3,(H,19,20)(H2,16,17,21). The van der Waals surface area contributed by atoms with Crippen LogP contribution in [0.25, 0.3) is 0 Å². The van der Waals surface area contributed by atoms with Gasteiger partial charge in [0.15, 0.2) is 0 Å². The molecule has 6 nitrogen and oxygen atoms in total. The van der Waals surface area contributed by atoms with E-state index in [0.717, 1.165) is 6.54 Å². The van der Waals surface area contributed by atoms with E-state index in [1.807, 2.05) is 13.8 Å². The number of urea groups is 1. The molecule has 0 aromatic rings. The fraction of sp³-hybridized carbons (Fsp3) is 0.867. The molecule has 0 bridgehead atoms. The molecular weight excluding hydrogens is 270 g/mol. The third kappa shape index (κ3) is 7.32. The van der Waals surface area contributed by atoms with Gasteiger partial charge in [-0.1, -0.05) is 12.8 Å². The fourth-order valence-electron chi connectivity index (χ4n) is 2.71. The van der Waals surface area contributed by atoms with Gasteiger partial charge in [0.1, 0.15) is 0 Å². The number of hydrogen-bond acceptors (Lipinski definition) is 3. The number of carbonyl (C=O) groups excluding carboxylic acids is 1. The topological polar surface area (TPSA) is 81.7 Å². The van der Waals surface area contributed by atoms with Gasteiger partial charge in [-0.15, -0.1) is 0 Å². The fourth-order valence-corrected chi connectivity index (χ4v) is 2.71. The van der Waals surface area contributed by atoms with E-state index in [4.69, 9.17) is 5.11 Å². The van der Waals surface area contributed by atoms with Crippen LogP contribution in [0.4, 0.5) is 4.79 Å². The summed E-state index contributed by atoms with van der Waals surface area (Å²) < 4.78 is 0. The number of carbonyl (C=O) groups is 2. The molecule has 0 aliphatic heterocycles. The highest BCUT2D eigenvalue weighted by Crippen LogP contribution is 2.21. The van der Waals surface area contributed by atoms with Crippen LogP contribution in [0.2, 0.25) is 0 Å². The lowest BCUT2D eigenvalue weighted by Crippen LogP contribution is -2.50. The minimum Gasteiger partial charge on any atom is -0.481 e. The summed E-state index contributed by atoms with van der Waals surface area (Å²) in [5.41, 5.74) is -0.514. The number of hydrogen-bond donors (Lipinski definition) is 3. The Morgan fingerprint density at radius 2 is 1.90 bits per heavy atom. The molecule has 21 heavy (non-hydrogen) atoms. The maximum absolute atomic E-state index is 11.8. The van der Waals surface area contributed by atoms with Gasteiger partial charge in [0.2, 0.25) is 0 Å². The summed E-state index contributed by atoms with van der Waals surface area (Å²) in [4.78, 5) is 24.7. The van der Waals surface area contributed by atoms with E-state index in [1.54, 1.807) is 0 Å². The second kappa shape index (κ2) is 8.22. The summed E-state index contributed by atoms with van der Waals surface area (Å²) in [6.45, 7) is 5.11. The molecule has 0 atom stereocenters. The van der Waals surface area contributed by atoms with Crippen LogP contribution in [-0.4, -0.2) is 53.7 Å². The summed E-state index contributed by atoms with van der Waals surface area (Å²) in [7, 11) is 2.10. The molecule has 1 fully saturated rings. The average Bonchev–Trinajstić information content (AvgIpc) is 2.89. The summed E-state index contributed by atoms with van der Waals surface area (Å²) in [5, 5.41) is 14.3. The van der Waals surface area contributed by atoms with E-state index in [2.05, 4.69) is 22.6 Å².